The fourth-order valence-corrected chi connectivity index (χ4v) is 3.15. The van der Waals surface area contributed by atoms with Crippen molar-refractivity contribution in [3.05, 3.63) is 42.1 Å². The number of rotatable bonds is 7. The van der Waals surface area contributed by atoms with Crippen molar-refractivity contribution in [2.45, 2.75) is 32.0 Å². The number of methoxy groups -OCH3 is 1. The molecule has 140 valence electrons. The van der Waals surface area contributed by atoms with E-state index in [0.717, 1.165) is 31.7 Å². The lowest BCUT2D eigenvalue weighted by atomic mass is 10.0. The largest absolute Gasteiger partial charge is 0.493 e. The molecular weight excluding hydrogens is 342 g/mol. The van der Waals surface area contributed by atoms with Gasteiger partial charge in [-0.15, -0.1) is 5.10 Å². The van der Waals surface area contributed by atoms with Crippen molar-refractivity contribution < 1.29 is 18.3 Å². The van der Waals surface area contributed by atoms with Gasteiger partial charge in [0.25, 0.3) is 0 Å². The lowest BCUT2D eigenvalue weighted by molar-refractivity contribution is -0.0518. The van der Waals surface area contributed by atoms with Gasteiger partial charge in [0.2, 0.25) is 0 Å². The lowest BCUT2D eigenvalue weighted by Gasteiger charge is -2.33. The molecule has 1 unspecified atom stereocenters. The maximum Gasteiger partial charge on any atom is 0.387 e. The van der Waals surface area contributed by atoms with Gasteiger partial charge >= 0.3 is 6.61 Å². The van der Waals surface area contributed by atoms with Crippen LogP contribution in [0.15, 0.2) is 36.5 Å². The number of hydrogen-bond donors (Lipinski definition) is 1. The Morgan fingerprint density at radius 2 is 2.19 bits per heavy atom. The molecule has 1 atom stereocenters. The predicted molar refractivity (Wildman–Crippen MR) is 93.7 cm³/mol. The zero-order valence-corrected chi connectivity index (χ0v) is 14.6. The summed E-state index contributed by atoms with van der Waals surface area (Å²) in [5, 5.41) is 11.5. The third-order valence-electron chi connectivity index (χ3n) is 4.37. The molecule has 0 amide bonds. The van der Waals surface area contributed by atoms with Gasteiger partial charge in [0.05, 0.1) is 7.11 Å². The number of nitrogens with one attached hydrogen (secondary N) is 1. The number of para-hydroxylation sites is 1. The van der Waals surface area contributed by atoms with Crippen LogP contribution < -0.4 is 19.7 Å². The molecule has 1 aliphatic rings. The molecule has 0 bridgehead atoms. The molecule has 2 heterocycles. The second-order valence-electron chi connectivity index (χ2n) is 6.07. The monoisotopic (exact) mass is 364 g/mol. The molecule has 2 aromatic rings. The number of benzene rings is 1. The highest BCUT2D eigenvalue weighted by Crippen LogP contribution is 2.32. The highest BCUT2D eigenvalue weighted by atomic mass is 19.3. The van der Waals surface area contributed by atoms with Crippen LogP contribution in [0.25, 0.3) is 0 Å². The Kier molecular flexibility index (Phi) is 6.17. The summed E-state index contributed by atoms with van der Waals surface area (Å²) in [6.07, 6.45) is 3.68. The Morgan fingerprint density at radius 1 is 1.31 bits per heavy atom. The van der Waals surface area contributed by atoms with Crippen LogP contribution in [0.5, 0.6) is 11.5 Å². The smallest absolute Gasteiger partial charge is 0.387 e. The molecule has 26 heavy (non-hydrogen) atoms. The van der Waals surface area contributed by atoms with Crippen LogP contribution in [0.1, 0.15) is 18.4 Å². The van der Waals surface area contributed by atoms with Crippen molar-refractivity contribution >= 4 is 5.82 Å². The first kappa shape index (κ1) is 18.3. The fraction of sp³-hybridized carbons (Fsp3) is 0.444. The summed E-state index contributed by atoms with van der Waals surface area (Å²) in [6, 6.07) is 9.15. The van der Waals surface area contributed by atoms with Crippen molar-refractivity contribution in [3.8, 4) is 11.5 Å². The molecule has 8 heteroatoms. The molecule has 1 saturated heterocycles. The minimum atomic E-state index is -2.90. The van der Waals surface area contributed by atoms with Crippen molar-refractivity contribution in [1.29, 1.82) is 0 Å². The Labute approximate surface area is 151 Å². The molecule has 1 aromatic carbocycles. The SMILES string of the molecule is COc1cccc(CNC2CCCN(c3cccnn3)C2)c1OC(F)F. The highest BCUT2D eigenvalue weighted by Gasteiger charge is 2.22. The van der Waals surface area contributed by atoms with E-state index in [4.69, 9.17) is 4.74 Å². The maximum absolute atomic E-state index is 12.7. The van der Waals surface area contributed by atoms with E-state index >= 15 is 0 Å². The quantitative estimate of drug-likeness (QED) is 0.815. The van der Waals surface area contributed by atoms with Gasteiger partial charge in [0, 0.05) is 37.4 Å². The van der Waals surface area contributed by atoms with Crippen LogP contribution in [0.2, 0.25) is 0 Å². The Morgan fingerprint density at radius 3 is 2.92 bits per heavy atom. The average Bonchev–Trinajstić information content (AvgIpc) is 2.67. The summed E-state index contributed by atoms with van der Waals surface area (Å²) < 4.78 is 35.3. The minimum Gasteiger partial charge on any atom is -0.493 e. The Bertz CT molecular complexity index is 703. The number of aromatic nitrogens is 2. The molecule has 0 saturated carbocycles. The topological polar surface area (TPSA) is 59.5 Å². The van der Waals surface area contributed by atoms with E-state index in [2.05, 4.69) is 25.2 Å². The van der Waals surface area contributed by atoms with E-state index < -0.39 is 6.61 Å². The van der Waals surface area contributed by atoms with E-state index in [9.17, 15) is 8.78 Å². The van der Waals surface area contributed by atoms with Crippen LogP contribution in [-0.2, 0) is 6.54 Å². The molecule has 3 rings (SSSR count). The summed E-state index contributed by atoms with van der Waals surface area (Å²) in [7, 11) is 1.44. The lowest BCUT2D eigenvalue weighted by Crippen LogP contribution is -2.45. The first-order valence-corrected chi connectivity index (χ1v) is 8.54. The number of ether oxygens (including phenoxy) is 2. The number of nitrogens with zero attached hydrogens (tertiary/aromatic N) is 3. The Balaban J connectivity index is 1.65. The summed E-state index contributed by atoms with van der Waals surface area (Å²) in [4.78, 5) is 2.18. The first-order chi connectivity index (χ1) is 12.7. The van der Waals surface area contributed by atoms with E-state index in [1.807, 2.05) is 12.1 Å². The van der Waals surface area contributed by atoms with Gasteiger partial charge in [-0.05, 0) is 31.0 Å². The first-order valence-electron chi connectivity index (χ1n) is 8.54. The third-order valence-corrected chi connectivity index (χ3v) is 4.37. The van der Waals surface area contributed by atoms with Gasteiger partial charge in [-0.2, -0.15) is 13.9 Å². The van der Waals surface area contributed by atoms with Gasteiger partial charge in [-0.25, -0.2) is 0 Å². The minimum absolute atomic E-state index is 0.0825. The maximum atomic E-state index is 12.7. The van der Waals surface area contributed by atoms with Gasteiger partial charge in [0.1, 0.15) is 0 Å². The molecule has 6 nitrogen and oxygen atoms in total. The third kappa shape index (κ3) is 4.57. The number of anilines is 1. The van der Waals surface area contributed by atoms with E-state index in [1.54, 1.807) is 24.4 Å². The van der Waals surface area contributed by atoms with Crippen LogP contribution >= 0.6 is 0 Å². The second kappa shape index (κ2) is 8.75. The summed E-state index contributed by atoms with van der Waals surface area (Å²) in [5.41, 5.74) is 0.640. The zero-order valence-electron chi connectivity index (χ0n) is 14.6. The predicted octanol–water partition coefficient (Wildman–Crippen LogP) is 2.85. The Hall–Kier alpha value is -2.48. The van der Waals surface area contributed by atoms with Crippen molar-refractivity contribution in [3.63, 3.8) is 0 Å². The fourth-order valence-electron chi connectivity index (χ4n) is 3.15. The highest BCUT2D eigenvalue weighted by molar-refractivity contribution is 5.46. The van der Waals surface area contributed by atoms with Crippen LogP contribution in [0.4, 0.5) is 14.6 Å². The number of halogens is 2. The number of hydrogen-bond acceptors (Lipinski definition) is 6. The van der Waals surface area contributed by atoms with Crippen LogP contribution in [0, 0.1) is 0 Å². The second-order valence-corrected chi connectivity index (χ2v) is 6.07. The molecule has 1 aliphatic heterocycles. The van der Waals surface area contributed by atoms with Gasteiger partial charge < -0.3 is 19.7 Å². The summed E-state index contributed by atoms with van der Waals surface area (Å²) >= 11 is 0. The average molecular weight is 364 g/mol. The molecule has 1 fully saturated rings. The molecule has 0 spiro atoms. The number of alkyl halides is 2. The van der Waals surface area contributed by atoms with Gasteiger partial charge in [0.15, 0.2) is 17.3 Å². The van der Waals surface area contributed by atoms with Crippen molar-refractivity contribution in [2.75, 3.05) is 25.1 Å². The van der Waals surface area contributed by atoms with Gasteiger partial charge in [-0.1, -0.05) is 12.1 Å². The van der Waals surface area contributed by atoms with E-state index in [-0.39, 0.29) is 11.8 Å². The molecule has 1 N–H and O–H groups in total. The zero-order chi connectivity index (χ0) is 18.4. The molecular formula is C18H22F2N4O2. The molecule has 0 aliphatic carbocycles. The molecule has 0 radical (unpaired) electrons. The summed E-state index contributed by atoms with van der Waals surface area (Å²) in [5.74, 6) is 1.23. The van der Waals surface area contributed by atoms with E-state index in [0.29, 0.717) is 17.9 Å². The van der Waals surface area contributed by atoms with Gasteiger partial charge in [-0.3, -0.25) is 0 Å². The standard InChI is InChI=1S/C18H22F2N4O2/c1-25-15-7-2-5-13(17(15)26-18(19)20)11-21-14-6-4-10-24(12-14)16-8-3-9-22-23-16/h2-3,5,7-9,14,18,21H,4,6,10-12H2,1H3. The normalized spacial score (nSPS) is 17.4. The van der Waals surface area contributed by atoms with Crippen LogP contribution in [-0.4, -0.2) is 43.1 Å². The van der Waals surface area contributed by atoms with Crippen molar-refractivity contribution in [1.82, 2.24) is 15.5 Å². The molecule has 1 aromatic heterocycles. The van der Waals surface area contributed by atoms with E-state index in [1.165, 1.54) is 7.11 Å². The van der Waals surface area contributed by atoms with Crippen LogP contribution in [0.3, 0.4) is 0 Å². The van der Waals surface area contributed by atoms with Crippen molar-refractivity contribution in [2.24, 2.45) is 0 Å². The number of piperidine rings is 1. The summed E-state index contributed by atoms with van der Waals surface area (Å²) in [6.45, 7) is -0.770.